The van der Waals surface area contributed by atoms with Crippen molar-refractivity contribution in [1.82, 2.24) is 15.1 Å². The number of benzene rings is 1. The van der Waals surface area contributed by atoms with Crippen molar-refractivity contribution in [1.29, 1.82) is 0 Å². The Balaban J connectivity index is 1.98. The van der Waals surface area contributed by atoms with Gasteiger partial charge in [-0.2, -0.15) is 10.2 Å². The number of carbonyl (C=O) groups excluding carboxylic acids is 1. The van der Waals surface area contributed by atoms with E-state index in [0.717, 1.165) is 12.1 Å². The Bertz CT molecular complexity index is 813. The van der Waals surface area contributed by atoms with Crippen molar-refractivity contribution in [2.75, 3.05) is 6.54 Å². The zero-order valence-corrected chi connectivity index (χ0v) is 14.0. The first-order valence-electron chi connectivity index (χ1n) is 8.17. The van der Waals surface area contributed by atoms with Gasteiger partial charge in [-0.3, -0.25) is 4.79 Å². The van der Waals surface area contributed by atoms with Gasteiger partial charge in [-0.05, 0) is 43.5 Å². The zero-order chi connectivity index (χ0) is 18.1. The van der Waals surface area contributed by atoms with E-state index >= 15 is 0 Å². The van der Waals surface area contributed by atoms with Crippen LogP contribution in [0, 0.1) is 18.6 Å². The molecule has 5 nitrogen and oxygen atoms in total. The lowest BCUT2D eigenvalue weighted by atomic mass is 10.0. The Hall–Kier alpha value is -2.41. The van der Waals surface area contributed by atoms with Crippen molar-refractivity contribution in [3.05, 3.63) is 58.4 Å². The summed E-state index contributed by atoms with van der Waals surface area (Å²) in [6.45, 7) is 3.75. The van der Waals surface area contributed by atoms with Gasteiger partial charge in [-0.15, -0.1) is 0 Å². The highest BCUT2D eigenvalue weighted by atomic mass is 19.2. The Morgan fingerprint density at radius 1 is 1.28 bits per heavy atom. The van der Waals surface area contributed by atoms with Gasteiger partial charge in [0.15, 0.2) is 11.6 Å². The lowest BCUT2D eigenvalue weighted by Gasteiger charge is -2.25. The van der Waals surface area contributed by atoms with Gasteiger partial charge in [0.1, 0.15) is 0 Å². The van der Waals surface area contributed by atoms with E-state index in [1.807, 2.05) is 6.92 Å². The molecule has 0 radical (unpaired) electrons. The zero-order valence-electron chi connectivity index (χ0n) is 14.0. The van der Waals surface area contributed by atoms with E-state index in [2.05, 4.69) is 10.2 Å². The maximum absolute atomic E-state index is 13.6. The molecule has 0 aliphatic carbocycles. The molecule has 1 fully saturated rings. The minimum absolute atomic E-state index is 0.132. The van der Waals surface area contributed by atoms with Gasteiger partial charge in [0, 0.05) is 6.54 Å². The first kappa shape index (κ1) is 17.4. The van der Waals surface area contributed by atoms with Crippen molar-refractivity contribution >= 4 is 5.91 Å². The molecule has 25 heavy (non-hydrogen) atoms. The molecule has 2 atom stereocenters. The Labute approximate surface area is 144 Å². The van der Waals surface area contributed by atoms with Gasteiger partial charge < -0.3 is 10.0 Å². The van der Waals surface area contributed by atoms with Crippen LogP contribution in [0.5, 0.6) is 0 Å². The number of hydrogen-bond acceptors (Lipinski definition) is 4. The molecule has 1 amide bonds. The van der Waals surface area contributed by atoms with Crippen molar-refractivity contribution in [3.63, 3.8) is 0 Å². The number of hydrogen-bond donors (Lipinski definition) is 1. The molecule has 2 aromatic rings. The molecule has 1 aromatic carbocycles. The number of carbonyl (C=O) groups is 1. The summed E-state index contributed by atoms with van der Waals surface area (Å²) in [6.07, 6.45) is 0.0964. The molecule has 1 aromatic heterocycles. The fraction of sp³-hybridized carbons (Fsp3) is 0.389. The van der Waals surface area contributed by atoms with E-state index in [1.54, 1.807) is 13.0 Å². The highest BCUT2D eigenvalue weighted by molar-refractivity contribution is 5.95. The van der Waals surface area contributed by atoms with Gasteiger partial charge in [0.25, 0.3) is 5.91 Å². The molecule has 0 unspecified atom stereocenters. The van der Waals surface area contributed by atoms with Crippen molar-refractivity contribution in [2.45, 2.75) is 38.8 Å². The number of likely N-dealkylation sites (tertiary alicyclic amines) is 1. The van der Waals surface area contributed by atoms with Crippen LogP contribution >= 0.6 is 0 Å². The van der Waals surface area contributed by atoms with Crippen LogP contribution < -0.4 is 0 Å². The van der Waals surface area contributed by atoms with E-state index in [4.69, 9.17) is 0 Å². The van der Waals surface area contributed by atoms with Crippen molar-refractivity contribution in [3.8, 4) is 0 Å². The number of nitrogens with zero attached hydrogens (tertiary/aromatic N) is 3. The molecule has 1 aliphatic heterocycles. The van der Waals surface area contributed by atoms with E-state index in [1.165, 1.54) is 11.0 Å². The van der Waals surface area contributed by atoms with Crippen molar-refractivity contribution < 1.29 is 18.7 Å². The van der Waals surface area contributed by atoms with Gasteiger partial charge in [0.2, 0.25) is 0 Å². The van der Waals surface area contributed by atoms with Crippen LogP contribution in [0.2, 0.25) is 0 Å². The molecule has 7 heteroatoms. The SMILES string of the molecule is CCc1nnc(C)cc1C(=O)N1C[C@H](O)C[C@H]1c1ccc(F)c(F)c1. The average molecular weight is 347 g/mol. The number of halogens is 2. The lowest BCUT2D eigenvalue weighted by Crippen LogP contribution is -2.33. The third kappa shape index (κ3) is 3.37. The summed E-state index contributed by atoms with van der Waals surface area (Å²) < 4.78 is 26.8. The topological polar surface area (TPSA) is 66.3 Å². The summed E-state index contributed by atoms with van der Waals surface area (Å²) in [4.78, 5) is 14.5. The summed E-state index contributed by atoms with van der Waals surface area (Å²) in [5.41, 5.74) is 2.07. The van der Waals surface area contributed by atoms with E-state index in [9.17, 15) is 18.7 Å². The second-order valence-electron chi connectivity index (χ2n) is 6.24. The standard InChI is InChI=1S/C18H19F2N3O2/c1-3-16-13(6-10(2)21-22-16)18(25)23-9-12(24)8-17(23)11-4-5-14(19)15(20)7-11/h4-7,12,17,24H,3,8-9H2,1-2H3/t12-,17+/m1/s1. The van der Waals surface area contributed by atoms with E-state index in [-0.39, 0.29) is 18.9 Å². The molecule has 1 saturated heterocycles. The summed E-state index contributed by atoms with van der Waals surface area (Å²) in [5, 5.41) is 18.1. The number of aliphatic hydroxyl groups is 1. The van der Waals surface area contributed by atoms with Crippen LogP contribution in [0.1, 0.15) is 46.7 Å². The predicted molar refractivity (Wildman–Crippen MR) is 86.9 cm³/mol. The van der Waals surface area contributed by atoms with Crippen LogP contribution in [0.3, 0.4) is 0 Å². The third-order valence-electron chi connectivity index (χ3n) is 4.43. The number of aromatic nitrogens is 2. The first-order valence-corrected chi connectivity index (χ1v) is 8.17. The van der Waals surface area contributed by atoms with Gasteiger partial charge >= 0.3 is 0 Å². The first-order chi connectivity index (χ1) is 11.9. The molecule has 1 aliphatic rings. The lowest BCUT2D eigenvalue weighted by molar-refractivity contribution is 0.0713. The third-order valence-corrected chi connectivity index (χ3v) is 4.43. The second-order valence-corrected chi connectivity index (χ2v) is 6.24. The highest BCUT2D eigenvalue weighted by Crippen LogP contribution is 2.34. The van der Waals surface area contributed by atoms with Crippen LogP contribution in [0.4, 0.5) is 8.78 Å². The minimum Gasteiger partial charge on any atom is -0.391 e. The summed E-state index contributed by atoms with van der Waals surface area (Å²) in [6, 6.07) is 4.71. The number of β-amino-alcohol motifs (C(OH)–C–C–N with tert-alkyl or cyclic N) is 1. The Morgan fingerprint density at radius 3 is 2.72 bits per heavy atom. The van der Waals surface area contributed by atoms with Crippen LogP contribution in [0.25, 0.3) is 0 Å². The number of rotatable bonds is 3. The maximum Gasteiger partial charge on any atom is 0.256 e. The molecule has 2 heterocycles. The fourth-order valence-corrected chi connectivity index (χ4v) is 3.19. The molecule has 132 valence electrons. The normalized spacial score (nSPS) is 20.1. The van der Waals surface area contributed by atoms with Crippen molar-refractivity contribution in [2.24, 2.45) is 0 Å². The Kier molecular flexibility index (Phi) is 4.76. The quantitative estimate of drug-likeness (QED) is 0.927. The molecule has 0 bridgehead atoms. The summed E-state index contributed by atoms with van der Waals surface area (Å²) >= 11 is 0. The number of amides is 1. The van der Waals surface area contributed by atoms with E-state index in [0.29, 0.717) is 28.9 Å². The van der Waals surface area contributed by atoms with E-state index < -0.39 is 23.8 Å². The molecular formula is C18H19F2N3O2. The number of aryl methyl sites for hydroxylation is 2. The maximum atomic E-state index is 13.6. The highest BCUT2D eigenvalue weighted by Gasteiger charge is 2.37. The van der Waals surface area contributed by atoms with Crippen LogP contribution in [-0.2, 0) is 6.42 Å². The van der Waals surface area contributed by atoms with Gasteiger partial charge in [-0.1, -0.05) is 13.0 Å². The minimum atomic E-state index is -0.970. The summed E-state index contributed by atoms with van der Waals surface area (Å²) in [5.74, 6) is -2.20. The smallest absolute Gasteiger partial charge is 0.256 e. The molecule has 0 spiro atoms. The fourth-order valence-electron chi connectivity index (χ4n) is 3.19. The largest absolute Gasteiger partial charge is 0.391 e. The van der Waals surface area contributed by atoms with Crippen LogP contribution in [0.15, 0.2) is 24.3 Å². The Morgan fingerprint density at radius 2 is 2.04 bits per heavy atom. The van der Waals surface area contributed by atoms with Gasteiger partial charge in [0.05, 0.1) is 29.1 Å². The molecular weight excluding hydrogens is 328 g/mol. The number of aliphatic hydroxyl groups excluding tert-OH is 1. The molecule has 1 N–H and O–H groups in total. The van der Waals surface area contributed by atoms with Crippen LogP contribution in [-0.4, -0.2) is 38.8 Å². The monoisotopic (exact) mass is 347 g/mol. The predicted octanol–water partition coefficient (Wildman–Crippen LogP) is 2.57. The van der Waals surface area contributed by atoms with Gasteiger partial charge in [-0.25, -0.2) is 8.78 Å². The second kappa shape index (κ2) is 6.84. The molecule has 0 saturated carbocycles. The average Bonchev–Trinajstić information content (AvgIpc) is 2.98. The summed E-state index contributed by atoms with van der Waals surface area (Å²) in [7, 11) is 0. The molecule has 3 rings (SSSR count).